The van der Waals surface area contributed by atoms with E-state index in [1.165, 1.54) is 0 Å². The largest absolute Gasteiger partial charge is 0.296 e. The summed E-state index contributed by atoms with van der Waals surface area (Å²) in [4.78, 5) is 2.24. The van der Waals surface area contributed by atoms with Crippen LogP contribution in [0.15, 0.2) is 30.3 Å². The lowest BCUT2D eigenvalue weighted by Gasteiger charge is -2.30. The minimum atomic E-state index is -3.46. The molecule has 1 rings (SSSR count). The first-order valence-electron chi connectivity index (χ1n) is 7.45. The molecule has 2 N–H and O–H groups in total. The maximum atomic E-state index is 11.9. The molecule has 21 heavy (non-hydrogen) atoms. The van der Waals surface area contributed by atoms with Crippen molar-refractivity contribution >= 4 is 10.2 Å². The Hall–Kier alpha value is -0.950. The molecular weight excluding hydrogens is 286 g/mol. The molecule has 120 valence electrons. The summed E-state index contributed by atoms with van der Waals surface area (Å²) < 4.78 is 29.1. The number of benzene rings is 1. The lowest BCUT2D eigenvalue weighted by molar-refractivity contribution is 0.219. The van der Waals surface area contributed by atoms with E-state index in [2.05, 4.69) is 28.2 Å². The van der Waals surface area contributed by atoms with Crippen LogP contribution in [-0.4, -0.2) is 39.0 Å². The van der Waals surface area contributed by atoms with Gasteiger partial charge in [-0.3, -0.25) is 4.90 Å². The molecule has 0 spiro atoms. The summed E-state index contributed by atoms with van der Waals surface area (Å²) in [5.41, 5.74) is 1.12. The van der Waals surface area contributed by atoms with Gasteiger partial charge in [0.15, 0.2) is 0 Å². The zero-order valence-electron chi connectivity index (χ0n) is 13.3. The van der Waals surface area contributed by atoms with Gasteiger partial charge in [-0.1, -0.05) is 44.2 Å². The highest BCUT2D eigenvalue weighted by molar-refractivity contribution is 7.87. The van der Waals surface area contributed by atoms with E-state index in [1.807, 2.05) is 30.3 Å². The van der Waals surface area contributed by atoms with Crippen molar-refractivity contribution in [3.63, 3.8) is 0 Å². The minimum absolute atomic E-state index is 0.0323. The third-order valence-electron chi connectivity index (χ3n) is 3.30. The number of rotatable bonds is 9. The van der Waals surface area contributed by atoms with Crippen molar-refractivity contribution in [3.05, 3.63) is 35.9 Å². The Balaban J connectivity index is 2.84. The average molecular weight is 313 g/mol. The SMILES string of the molecule is CCN(CC)C(CNS(=O)(=O)NC(C)C)c1ccccc1. The van der Waals surface area contributed by atoms with E-state index in [4.69, 9.17) is 0 Å². The van der Waals surface area contributed by atoms with E-state index in [-0.39, 0.29) is 12.1 Å². The maximum Gasteiger partial charge on any atom is 0.277 e. The van der Waals surface area contributed by atoms with E-state index in [9.17, 15) is 8.42 Å². The van der Waals surface area contributed by atoms with Gasteiger partial charge in [-0.15, -0.1) is 0 Å². The van der Waals surface area contributed by atoms with Crippen LogP contribution in [0.3, 0.4) is 0 Å². The van der Waals surface area contributed by atoms with E-state index >= 15 is 0 Å². The van der Waals surface area contributed by atoms with Crippen LogP contribution in [-0.2, 0) is 10.2 Å². The van der Waals surface area contributed by atoms with E-state index in [0.29, 0.717) is 6.54 Å². The fourth-order valence-corrected chi connectivity index (χ4v) is 3.42. The molecule has 6 heteroatoms. The monoisotopic (exact) mass is 313 g/mol. The summed E-state index contributed by atoms with van der Waals surface area (Å²) in [6.07, 6.45) is 0. The Labute approximate surface area is 128 Å². The molecule has 0 aromatic heterocycles. The van der Waals surface area contributed by atoms with Crippen molar-refractivity contribution in [1.82, 2.24) is 14.3 Å². The Morgan fingerprint density at radius 3 is 2.14 bits per heavy atom. The van der Waals surface area contributed by atoms with Gasteiger partial charge < -0.3 is 0 Å². The van der Waals surface area contributed by atoms with Gasteiger partial charge in [0, 0.05) is 18.6 Å². The van der Waals surface area contributed by atoms with Crippen molar-refractivity contribution in [2.24, 2.45) is 0 Å². The molecule has 0 saturated heterocycles. The van der Waals surface area contributed by atoms with Crippen molar-refractivity contribution in [2.75, 3.05) is 19.6 Å². The van der Waals surface area contributed by atoms with E-state index in [1.54, 1.807) is 13.8 Å². The van der Waals surface area contributed by atoms with Gasteiger partial charge in [-0.2, -0.15) is 13.1 Å². The fraction of sp³-hybridized carbons (Fsp3) is 0.600. The molecule has 0 heterocycles. The van der Waals surface area contributed by atoms with Crippen molar-refractivity contribution in [3.8, 4) is 0 Å². The number of nitrogens with one attached hydrogen (secondary N) is 2. The zero-order chi connectivity index (χ0) is 15.9. The van der Waals surface area contributed by atoms with Crippen LogP contribution in [0.2, 0.25) is 0 Å². The first-order valence-corrected chi connectivity index (χ1v) is 8.93. The molecule has 0 amide bonds. The quantitative estimate of drug-likeness (QED) is 0.732. The predicted octanol–water partition coefficient (Wildman–Crippen LogP) is 1.90. The van der Waals surface area contributed by atoms with Crippen LogP contribution in [0.4, 0.5) is 0 Å². The molecule has 0 aliphatic heterocycles. The lowest BCUT2D eigenvalue weighted by Crippen LogP contribution is -2.44. The Morgan fingerprint density at radius 1 is 1.10 bits per heavy atom. The summed E-state index contributed by atoms with van der Waals surface area (Å²) in [5, 5.41) is 0. The van der Waals surface area contributed by atoms with Crippen LogP contribution in [0, 0.1) is 0 Å². The van der Waals surface area contributed by atoms with E-state index < -0.39 is 10.2 Å². The molecule has 0 saturated carbocycles. The second-order valence-electron chi connectivity index (χ2n) is 5.27. The summed E-state index contributed by atoms with van der Waals surface area (Å²) in [5.74, 6) is 0. The smallest absolute Gasteiger partial charge is 0.277 e. The summed E-state index contributed by atoms with van der Waals surface area (Å²) in [7, 11) is -3.46. The number of hydrogen-bond acceptors (Lipinski definition) is 3. The molecule has 1 atom stereocenters. The number of nitrogens with zero attached hydrogens (tertiary/aromatic N) is 1. The third-order valence-corrected chi connectivity index (χ3v) is 4.62. The molecule has 5 nitrogen and oxygen atoms in total. The van der Waals surface area contributed by atoms with Crippen LogP contribution >= 0.6 is 0 Å². The fourth-order valence-electron chi connectivity index (χ4n) is 2.34. The van der Waals surface area contributed by atoms with Crippen LogP contribution in [0.5, 0.6) is 0 Å². The highest BCUT2D eigenvalue weighted by atomic mass is 32.2. The summed E-state index contributed by atoms with van der Waals surface area (Å²) in [6.45, 7) is 9.87. The molecule has 0 bridgehead atoms. The highest BCUT2D eigenvalue weighted by Gasteiger charge is 2.20. The average Bonchev–Trinajstić information content (AvgIpc) is 2.43. The Kier molecular flexibility index (Phi) is 7.31. The van der Waals surface area contributed by atoms with Gasteiger partial charge in [0.2, 0.25) is 0 Å². The molecule has 0 aliphatic carbocycles. The number of hydrogen-bond donors (Lipinski definition) is 2. The topological polar surface area (TPSA) is 61.4 Å². The van der Waals surface area contributed by atoms with Gasteiger partial charge in [0.05, 0.1) is 0 Å². The first-order chi connectivity index (χ1) is 9.89. The van der Waals surface area contributed by atoms with Crippen molar-refractivity contribution in [2.45, 2.75) is 39.8 Å². The summed E-state index contributed by atoms with van der Waals surface area (Å²) >= 11 is 0. The predicted molar refractivity (Wildman–Crippen MR) is 87.3 cm³/mol. The molecule has 0 fully saturated rings. The normalized spacial score (nSPS) is 13.8. The van der Waals surface area contributed by atoms with Crippen molar-refractivity contribution < 1.29 is 8.42 Å². The zero-order valence-corrected chi connectivity index (χ0v) is 14.2. The highest BCUT2D eigenvalue weighted by Crippen LogP contribution is 2.19. The first kappa shape index (κ1) is 18.1. The van der Waals surface area contributed by atoms with Gasteiger partial charge in [0.25, 0.3) is 10.2 Å². The summed E-state index contributed by atoms with van der Waals surface area (Å²) in [6, 6.07) is 9.91. The molecular formula is C15H27N3O2S. The lowest BCUT2D eigenvalue weighted by atomic mass is 10.1. The molecule has 1 aromatic carbocycles. The van der Waals surface area contributed by atoms with Gasteiger partial charge in [-0.05, 0) is 32.5 Å². The van der Waals surface area contributed by atoms with Crippen molar-refractivity contribution in [1.29, 1.82) is 0 Å². The van der Waals surface area contributed by atoms with Gasteiger partial charge in [-0.25, -0.2) is 4.72 Å². The Bertz CT molecular complexity index is 499. The van der Waals surface area contributed by atoms with E-state index in [0.717, 1.165) is 18.7 Å². The minimum Gasteiger partial charge on any atom is -0.296 e. The second kappa shape index (κ2) is 8.48. The molecule has 1 unspecified atom stereocenters. The second-order valence-corrected chi connectivity index (χ2v) is 6.80. The molecule has 0 radical (unpaired) electrons. The third kappa shape index (κ3) is 6.13. The van der Waals surface area contributed by atoms with Gasteiger partial charge in [0.1, 0.15) is 0 Å². The number of likely N-dealkylation sites (N-methyl/N-ethyl adjacent to an activating group) is 1. The maximum absolute atomic E-state index is 11.9. The molecule has 1 aromatic rings. The molecule has 0 aliphatic rings. The van der Waals surface area contributed by atoms with Crippen LogP contribution < -0.4 is 9.44 Å². The standard InChI is InChI=1S/C15H27N3O2S/c1-5-18(6-2)15(14-10-8-7-9-11-14)12-16-21(19,20)17-13(3)4/h7-11,13,15-17H,5-6,12H2,1-4H3. The Morgan fingerprint density at radius 2 is 1.67 bits per heavy atom. The van der Waals surface area contributed by atoms with Gasteiger partial charge >= 0.3 is 0 Å². The van der Waals surface area contributed by atoms with Crippen LogP contribution in [0.25, 0.3) is 0 Å². The van der Waals surface area contributed by atoms with Crippen LogP contribution in [0.1, 0.15) is 39.3 Å².